The summed E-state index contributed by atoms with van der Waals surface area (Å²) in [5.41, 5.74) is 2.22. The van der Waals surface area contributed by atoms with Gasteiger partial charge in [-0.2, -0.15) is 0 Å². The third kappa shape index (κ3) is 3.06. The van der Waals surface area contributed by atoms with Crippen molar-refractivity contribution in [1.29, 1.82) is 0 Å². The number of aromatic nitrogens is 3. The molecular weight excluding hydrogens is 282 g/mol. The second-order valence-corrected chi connectivity index (χ2v) is 4.41. The largest absolute Gasteiger partial charge is 0.475 e. The van der Waals surface area contributed by atoms with Crippen LogP contribution in [0.1, 0.15) is 21.8 Å². The molecule has 0 bridgehead atoms. The first-order valence-electron chi connectivity index (χ1n) is 6.46. The van der Waals surface area contributed by atoms with Gasteiger partial charge in [-0.15, -0.1) is 0 Å². The maximum absolute atomic E-state index is 10.8. The Morgan fingerprint density at radius 3 is 2.59 bits per heavy atom. The van der Waals surface area contributed by atoms with E-state index in [4.69, 9.17) is 9.52 Å². The van der Waals surface area contributed by atoms with Gasteiger partial charge in [0.05, 0.1) is 11.9 Å². The van der Waals surface area contributed by atoms with E-state index in [9.17, 15) is 4.79 Å². The van der Waals surface area contributed by atoms with E-state index in [0.29, 0.717) is 11.5 Å². The zero-order valence-electron chi connectivity index (χ0n) is 11.4. The molecule has 0 saturated heterocycles. The van der Waals surface area contributed by atoms with Crippen molar-refractivity contribution in [1.82, 2.24) is 15.0 Å². The van der Waals surface area contributed by atoms with Crippen LogP contribution in [0.5, 0.6) is 0 Å². The lowest BCUT2D eigenvalue weighted by Crippen LogP contribution is -1.91. The average molecular weight is 293 g/mol. The number of pyridine rings is 1. The van der Waals surface area contributed by atoms with Gasteiger partial charge in [0.15, 0.2) is 5.76 Å². The Labute approximate surface area is 125 Å². The first kappa shape index (κ1) is 13.7. The molecule has 6 nitrogen and oxygen atoms in total. The minimum Gasteiger partial charge on any atom is -0.475 e. The smallest absolute Gasteiger partial charge is 0.371 e. The van der Waals surface area contributed by atoms with Gasteiger partial charge < -0.3 is 9.52 Å². The second kappa shape index (κ2) is 6.01. The Morgan fingerprint density at radius 1 is 1.05 bits per heavy atom. The molecule has 0 aliphatic heterocycles. The van der Waals surface area contributed by atoms with Gasteiger partial charge in [0.1, 0.15) is 5.69 Å². The fourth-order valence-electron chi connectivity index (χ4n) is 1.82. The third-order valence-electron chi connectivity index (χ3n) is 2.89. The number of furan rings is 1. The number of hydrogen-bond donors (Lipinski definition) is 1. The molecule has 0 spiro atoms. The molecule has 6 heteroatoms. The molecular formula is C16H11N3O3. The zero-order valence-corrected chi connectivity index (χ0v) is 11.4. The summed E-state index contributed by atoms with van der Waals surface area (Å²) >= 11 is 0. The summed E-state index contributed by atoms with van der Waals surface area (Å²) in [5.74, 6) is -0.792. The molecule has 22 heavy (non-hydrogen) atoms. The van der Waals surface area contributed by atoms with E-state index in [2.05, 4.69) is 15.0 Å². The molecule has 0 aliphatic rings. The molecule has 0 aliphatic carbocycles. The summed E-state index contributed by atoms with van der Waals surface area (Å²) in [5, 5.41) is 8.83. The van der Waals surface area contributed by atoms with Crippen LogP contribution in [0.2, 0.25) is 0 Å². The number of aromatic carboxylic acids is 1. The summed E-state index contributed by atoms with van der Waals surface area (Å²) in [4.78, 5) is 23.2. The maximum Gasteiger partial charge on any atom is 0.371 e. The van der Waals surface area contributed by atoms with Crippen LogP contribution in [-0.4, -0.2) is 26.0 Å². The van der Waals surface area contributed by atoms with Gasteiger partial charge in [0.2, 0.25) is 5.76 Å². The Bertz CT molecular complexity index is 808. The summed E-state index contributed by atoms with van der Waals surface area (Å²) < 4.78 is 5.20. The highest BCUT2D eigenvalue weighted by molar-refractivity contribution is 5.85. The highest BCUT2D eigenvalue weighted by Crippen LogP contribution is 2.20. The molecule has 3 rings (SSSR count). The molecule has 1 N–H and O–H groups in total. The average Bonchev–Trinajstić information content (AvgIpc) is 3.05. The van der Waals surface area contributed by atoms with Crippen molar-refractivity contribution in [2.45, 2.75) is 0 Å². The Kier molecular flexibility index (Phi) is 3.74. The summed E-state index contributed by atoms with van der Waals surface area (Å²) in [6.45, 7) is 0. The number of hydrogen-bond acceptors (Lipinski definition) is 5. The molecule has 108 valence electrons. The lowest BCUT2D eigenvalue weighted by Gasteiger charge is -1.97. The predicted octanol–water partition coefficient (Wildman–Crippen LogP) is 3.00. The zero-order chi connectivity index (χ0) is 15.4. The molecule has 3 aromatic rings. The van der Waals surface area contributed by atoms with Crippen molar-refractivity contribution in [3.8, 4) is 11.5 Å². The van der Waals surface area contributed by atoms with Crippen molar-refractivity contribution in [2.24, 2.45) is 0 Å². The predicted molar refractivity (Wildman–Crippen MR) is 79.9 cm³/mol. The van der Waals surface area contributed by atoms with E-state index in [1.54, 1.807) is 36.9 Å². The molecule has 0 aromatic carbocycles. The topological polar surface area (TPSA) is 89.1 Å². The maximum atomic E-state index is 10.8. The lowest BCUT2D eigenvalue weighted by molar-refractivity contribution is 0.0663. The number of rotatable bonds is 4. The van der Waals surface area contributed by atoms with Crippen LogP contribution in [0.3, 0.4) is 0 Å². The molecule has 0 fully saturated rings. The Morgan fingerprint density at radius 2 is 1.95 bits per heavy atom. The molecule has 0 radical (unpaired) electrons. The van der Waals surface area contributed by atoms with E-state index in [-0.39, 0.29) is 5.76 Å². The number of carboxylic acids is 1. The van der Waals surface area contributed by atoms with Gasteiger partial charge in [-0.3, -0.25) is 15.0 Å². The fourth-order valence-corrected chi connectivity index (χ4v) is 1.82. The van der Waals surface area contributed by atoms with Crippen molar-refractivity contribution < 1.29 is 14.3 Å². The van der Waals surface area contributed by atoms with Crippen LogP contribution < -0.4 is 0 Å². The van der Waals surface area contributed by atoms with Crippen LogP contribution in [0.4, 0.5) is 0 Å². The van der Waals surface area contributed by atoms with E-state index >= 15 is 0 Å². The minimum atomic E-state index is -1.10. The van der Waals surface area contributed by atoms with E-state index < -0.39 is 5.97 Å². The first-order valence-corrected chi connectivity index (χ1v) is 6.46. The molecule has 0 unspecified atom stereocenters. The quantitative estimate of drug-likeness (QED) is 0.795. The van der Waals surface area contributed by atoms with Gasteiger partial charge in [-0.05, 0) is 29.8 Å². The summed E-state index contributed by atoms with van der Waals surface area (Å²) in [7, 11) is 0. The first-order chi connectivity index (χ1) is 10.7. The number of carboxylic acid groups (broad SMARTS) is 1. The SMILES string of the molecule is O=C(O)c1ccc(-c2ccc(/C=C/c3cnccn3)cn2)o1. The molecule has 0 saturated carbocycles. The second-order valence-electron chi connectivity index (χ2n) is 4.41. The third-order valence-corrected chi connectivity index (χ3v) is 2.89. The van der Waals surface area contributed by atoms with Crippen LogP contribution in [0.15, 0.2) is 53.5 Å². The van der Waals surface area contributed by atoms with Gasteiger partial charge >= 0.3 is 5.97 Å². The minimum absolute atomic E-state index is 0.108. The lowest BCUT2D eigenvalue weighted by atomic mass is 10.2. The van der Waals surface area contributed by atoms with Gasteiger partial charge in [-0.25, -0.2) is 4.79 Å². The number of carbonyl (C=O) groups is 1. The van der Waals surface area contributed by atoms with Crippen LogP contribution in [0, 0.1) is 0 Å². The number of nitrogens with zero attached hydrogens (tertiary/aromatic N) is 3. The van der Waals surface area contributed by atoms with Crippen molar-refractivity contribution in [3.63, 3.8) is 0 Å². The van der Waals surface area contributed by atoms with Crippen LogP contribution in [-0.2, 0) is 0 Å². The monoisotopic (exact) mass is 293 g/mol. The van der Waals surface area contributed by atoms with Crippen molar-refractivity contribution >= 4 is 18.1 Å². The Balaban J connectivity index is 1.77. The Hall–Kier alpha value is -3.28. The van der Waals surface area contributed by atoms with Gasteiger partial charge in [0, 0.05) is 18.6 Å². The molecule has 3 aromatic heterocycles. The van der Waals surface area contributed by atoms with E-state index in [0.717, 1.165) is 11.3 Å². The summed E-state index contributed by atoms with van der Waals surface area (Å²) in [6.07, 6.45) is 10.3. The highest BCUT2D eigenvalue weighted by atomic mass is 16.4. The molecule has 3 heterocycles. The standard InChI is InChI=1S/C16H11N3O3/c20-16(21)15-6-5-14(22-15)13-4-2-11(9-19-13)1-3-12-10-17-7-8-18-12/h1-10H,(H,20,21)/b3-1+. The normalized spacial score (nSPS) is 10.9. The van der Waals surface area contributed by atoms with Gasteiger partial charge in [-0.1, -0.05) is 12.1 Å². The van der Waals surface area contributed by atoms with E-state index in [1.165, 1.54) is 6.07 Å². The van der Waals surface area contributed by atoms with Crippen LogP contribution in [0.25, 0.3) is 23.6 Å². The fraction of sp³-hybridized carbons (Fsp3) is 0. The summed E-state index contributed by atoms with van der Waals surface area (Å²) in [6, 6.07) is 6.61. The van der Waals surface area contributed by atoms with Crippen molar-refractivity contribution in [2.75, 3.05) is 0 Å². The molecule has 0 atom stereocenters. The molecule has 0 amide bonds. The van der Waals surface area contributed by atoms with Crippen molar-refractivity contribution in [3.05, 3.63) is 66.1 Å². The highest BCUT2D eigenvalue weighted by Gasteiger charge is 2.10. The van der Waals surface area contributed by atoms with Gasteiger partial charge in [0.25, 0.3) is 0 Å². The van der Waals surface area contributed by atoms with Crippen LogP contribution >= 0.6 is 0 Å². The van der Waals surface area contributed by atoms with E-state index in [1.807, 2.05) is 18.2 Å².